The van der Waals surface area contributed by atoms with Crippen molar-refractivity contribution in [1.82, 2.24) is 0 Å². The van der Waals surface area contributed by atoms with Crippen LogP contribution in [0.2, 0.25) is 5.02 Å². The summed E-state index contributed by atoms with van der Waals surface area (Å²) in [5.74, 6) is -0.0262. The number of carbonyl (C=O) groups is 1. The first kappa shape index (κ1) is 12.5. The molecule has 0 saturated heterocycles. The molecular weight excluding hydrogens is 250 g/mol. The van der Waals surface area contributed by atoms with Gasteiger partial charge in [-0.15, -0.1) is 0 Å². The number of rotatable bonds is 4. The van der Waals surface area contributed by atoms with E-state index in [-0.39, 0.29) is 0 Å². The summed E-state index contributed by atoms with van der Waals surface area (Å²) in [6.45, 7) is 0.338. The maximum atomic E-state index is 11.2. The number of carbonyl (C=O) groups excluding carboxylic acids is 1. The highest BCUT2D eigenvalue weighted by atomic mass is 35.5. The first-order chi connectivity index (χ1) is 8.66. The Morgan fingerprint density at radius 1 is 1.17 bits per heavy atom. The number of hydrogen-bond acceptors (Lipinski definition) is 2. The second kappa shape index (κ2) is 5.56. The topological polar surface area (TPSA) is 52.3 Å². The highest BCUT2D eigenvalue weighted by molar-refractivity contribution is 6.30. The Kier molecular flexibility index (Phi) is 3.85. The van der Waals surface area contributed by atoms with E-state index >= 15 is 0 Å². The van der Waals surface area contributed by atoms with Crippen molar-refractivity contribution in [2.45, 2.75) is 6.61 Å². The van der Waals surface area contributed by atoms with Crippen LogP contribution in [0.5, 0.6) is 5.75 Å². The van der Waals surface area contributed by atoms with E-state index in [9.17, 15) is 4.79 Å². The van der Waals surface area contributed by atoms with Crippen LogP contribution in [0.3, 0.4) is 0 Å². The van der Waals surface area contributed by atoms with Gasteiger partial charge in [0.1, 0.15) is 12.4 Å². The van der Waals surface area contributed by atoms with Crippen LogP contribution in [-0.4, -0.2) is 5.91 Å². The molecule has 0 aliphatic heterocycles. The Morgan fingerprint density at radius 2 is 1.94 bits per heavy atom. The van der Waals surface area contributed by atoms with Crippen molar-refractivity contribution in [3.05, 3.63) is 64.7 Å². The molecule has 0 fully saturated rings. The molecule has 0 heterocycles. The zero-order valence-electron chi connectivity index (χ0n) is 9.60. The van der Waals surface area contributed by atoms with Gasteiger partial charge in [-0.2, -0.15) is 0 Å². The molecule has 4 heteroatoms. The highest BCUT2D eigenvalue weighted by Gasteiger charge is 2.08. The number of nitrogens with two attached hydrogens (primary N) is 1. The minimum atomic E-state index is -0.503. The van der Waals surface area contributed by atoms with Gasteiger partial charge in [-0.25, -0.2) is 0 Å². The molecule has 2 aromatic rings. The van der Waals surface area contributed by atoms with Gasteiger partial charge >= 0.3 is 0 Å². The molecule has 0 aromatic heterocycles. The van der Waals surface area contributed by atoms with Crippen LogP contribution in [-0.2, 0) is 6.61 Å². The molecule has 0 aliphatic rings. The van der Waals surface area contributed by atoms with E-state index in [4.69, 9.17) is 22.1 Å². The Bertz CT molecular complexity index is 569. The summed E-state index contributed by atoms with van der Waals surface area (Å²) in [6, 6.07) is 14.2. The van der Waals surface area contributed by atoms with E-state index < -0.39 is 5.91 Å². The Labute approximate surface area is 110 Å². The van der Waals surface area contributed by atoms with E-state index in [0.29, 0.717) is 22.9 Å². The molecule has 0 radical (unpaired) electrons. The molecule has 0 spiro atoms. The zero-order valence-corrected chi connectivity index (χ0v) is 10.4. The second-order valence-corrected chi connectivity index (χ2v) is 4.22. The molecule has 3 nitrogen and oxygen atoms in total. The minimum Gasteiger partial charge on any atom is -0.488 e. The zero-order chi connectivity index (χ0) is 13.0. The van der Waals surface area contributed by atoms with E-state index in [2.05, 4.69) is 0 Å². The van der Waals surface area contributed by atoms with Crippen molar-refractivity contribution in [3.63, 3.8) is 0 Å². The largest absolute Gasteiger partial charge is 0.488 e. The molecule has 0 saturated carbocycles. The molecule has 2 aromatic carbocycles. The number of amides is 1. The SMILES string of the molecule is NC(=O)c1ccccc1OCc1cccc(Cl)c1. The fraction of sp³-hybridized carbons (Fsp3) is 0.0714. The summed E-state index contributed by atoms with van der Waals surface area (Å²) in [6.07, 6.45) is 0. The van der Waals surface area contributed by atoms with Crippen molar-refractivity contribution >= 4 is 17.5 Å². The standard InChI is InChI=1S/C14H12ClNO2/c15-11-5-3-4-10(8-11)9-18-13-7-2-1-6-12(13)14(16)17/h1-8H,9H2,(H2,16,17). The lowest BCUT2D eigenvalue weighted by Gasteiger charge is -2.09. The summed E-state index contributed by atoms with van der Waals surface area (Å²) in [7, 11) is 0. The van der Waals surface area contributed by atoms with E-state index in [1.165, 1.54) is 0 Å². The van der Waals surface area contributed by atoms with Gasteiger partial charge in [0, 0.05) is 5.02 Å². The third kappa shape index (κ3) is 3.02. The molecule has 1 amide bonds. The average Bonchev–Trinajstić information content (AvgIpc) is 2.37. The van der Waals surface area contributed by atoms with Crippen molar-refractivity contribution in [1.29, 1.82) is 0 Å². The predicted octanol–water partition coefficient (Wildman–Crippen LogP) is 3.02. The molecule has 0 atom stereocenters. The van der Waals surface area contributed by atoms with Crippen LogP contribution < -0.4 is 10.5 Å². The number of hydrogen-bond donors (Lipinski definition) is 1. The summed E-state index contributed by atoms with van der Waals surface area (Å²) in [4.78, 5) is 11.2. The molecule has 2 N–H and O–H groups in total. The normalized spacial score (nSPS) is 10.1. The summed E-state index contributed by atoms with van der Waals surface area (Å²) >= 11 is 5.88. The third-order valence-corrected chi connectivity index (χ3v) is 2.67. The fourth-order valence-corrected chi connectivity index (χ4v) is 1.80. The van der Waals surface area contributed by atoms with Crippen LogP contribution in [0, 0.1) is 0 Å². The minimum absolute atomic E-state index is 0.338. The van der Waals surface area contributed by atoms with Crippen LogP contribution in [0.1, 0.15) is 15.9 Å². The number of primary amides is 1. The monoisotopic (exact) mass is 261 g/mol. The summed E-state index contributed by atoms with van der Waals surface area (Å²) in [5.41, 5.74) is 6.57. The predicted molar refractivity (Wildman–Crippen MR) is 70.7 cm³/mol. The third-order valence-electron chi connectivity index (χ3n) is 2.44. The molecule has 18 heavy (non-hydrogen) atoms. The Hall–Kier alpha value is -2.00. The maximum Gasteiger partial charge on any atom is 0.252 e. The molecule has 0 unspecified atom stereocenters. The van der Waals surface area contributed by atoms with Crippen LogP contribution >= 0.6 is 11.6 Å². The second-order valence-electron chi connectivity index (χ2n) is 3.78. The molecule has 92 valence electrons. The van der Waals surface area contributed by atoms with Gasteiger partial charge < -0.3 is 10.5 Å². The van der Waals surface area contributed by atoms with Crippen LogP contribution in [0.15, 0.2) is 48.5 Å². The molecule has 2 rings (SSSR count). The van der Waals surface area contributed by atoms with Gasteiger partial charge in [-0.1, -0.05) is 35.9 Å². The lowest BCUT2D eigenvalue weighted by molar-refractivity contribution is 0.0996. The Balaban J connectivity index is 2.13. The average molecular weight is 262 g/mol. The number of halogens is 1. The number of ether oxygens (including phenoxy) is 1. The van der Waals surface area contributed by atoms with Gasteiger partial charge in [0.05, 0.1) is 5.56 Å². The van der Waals surface area contributed by atoms with Crippen molar-refractivity contribution in [2.75, 3.05) is 0 Å². The van der Waals surface area contributed by atoms with Gasteiger partial charge in [-0.3, -0.25) is 4.79 Å². The van der Waals surface area contributed by atoms with Crippen molar-refractivity contribution < 1.29 is 9.53 Å². The van der Waals surface area contributed by atoms with E-state index in [1.807, 2.05) is 18.2 Å². The highest BCUT2D eigenvalue weighted by Crippen LogP contribution is 2.19. The van der Waals surface area contributed by atoms with E-state index in [1.54, 1.807) is 30.3 Å². The van der Waals surface area contributed by atoms with Crippen molar-refractivity contribution in [3.8, 4) is 5.75 Å². The lowest BCUT2D eigenvalue weighted by Crippen LogP contribution is -2.12. The van der Waals surface area contributed by atoms with Gasteiger partial charge in [0.15, 0.2) is 0 Å². The van der Waals surface area contributed by atoms with Crippen LogP contribution in [0.4, 0.5) is 0 Å². The number of para-hydroxylation sites is 1. The van der Waals surface area contributed by atoms with Gasteiger partial charge in [0.25, 0.3) is 5.91 Å². The van der Waals surface area contributed by atoms with Gasteiger partial charge in [0.2, 0.25) is 0 Å². The lowest BCUT2D eigenvalue weighted by atomic mass is 10.2. The molecular formula is C14H12ClNO2. The van der Waals surface area contributed by atoms with E-state index in [0.717, 1.165) is 5.56 Å². The smallest absolute Gasteiger partial charge is 0.252 e. The summed E-state index contributed by atoms with van der Waals surface area (Å²) in [5, 5.41) is 0.652. The summed E-state index contributed by atoms with van der Waals surface area (Å²) < 4.78 is 5.58. The van der Waals surface area contributed by atoms with Crippen LogP contribution in [0.25, 0.3) is 0 Å². The fourth-order valence-electron chi connectivity index (χ4n) is 1.58. The maximum absolute atomic E-state index is 11.2. The Morgan fingerprint density at radius 3 is 2.67 bits per heavy atom. The molecule has 0 bridgehead atoms. The molecule has 0 aliphatic carbocycles. The number of benzene rings is 2. The van der Waals surface area contributed by atoms with Gasteiger partial charge in [-0.05, 0) is 29.8 Å². The van der Waals surface area contributed by atoms with Crippen molar-refractivity contribution in [2.24, 2.45) is 5.73 Å². The first-order valence-electron chi connectivity index (χ1n) is 5.43. The first-order valence-corrected chi connectivity index (χ1v) is 5.80. The quantitative estimate of drug-likeness (QED) is 0.920.